The molecule has 4 heteroatoms. The molecule has 4 unspecified atom stereocenters. The molecule has 0 amide bonds. The van der Waals surface area contributed by atoms with Gasteiger partial charge in [0.1, 0.15) is 0 Å². The van der Waals surface area contributed by atoms with Gasteiger partial charge in [0.2, 0.25) is 0 Å². The zero-order chi connectivity index (χ0) is 11.5. The number of carboxylic acids is 1. The summed E-state index contributed by atoms with van der Waals surface area (Å²) in [5.74, 6) is -0.449. The molecule has 1 heterocycles. The molecule has 1 aliphatic heterocycles. The maximum absolute atomic E-state index is 11.0. The molecule has 2 N–H and O–H groups in total. The molecule has 1 saturated carbocycles. The van der Waals surface area contributed by atoms with Crippen LogP contribution in [0.4, 0.5) is 0 Å². The number of rotatable bonds is 4. The van der Waals surface area contributed by atoms with E-state index in [1.807, 2.05) is 0 Å². The van der Waals surface area contributed by atoms with Gasteiger partial charge in [-0.1, -0.05) is 6.42 Å². The van der Waals surface area contributed by atoms with Gasteiger partial charge in [-0.2, -0.15) is 0 Å². The molecule has 0 bridgehead atoms. The second-order valence-corrected chi connectivity index (χ2v) is 5.02. The number of ether oxygens (including phenoxy) is 1. The average Bonchev–Trinajstić information content (AvgIpc) is 2.83. The molecular weight excluding hydrogens is 206 g/mol. The molecule has 1 saturated heterocycles. The van der Waals surface area contributed by atoms with Gasteiger partial charge in [0.25, 0.3) is 0 Å². The Kier molecular flexibility index (Phi) is 3.82. The van der Waals surface area contributed by atoms with Gasteiger partial charge in [0.05, 0.1) is 12.0 Å². The Balaban J connectivity index is 1.78. The van der Waals surface area contributed by atoms with Crippen molar-refractivity contribution >= 4 is 5.97 Å². The van der Waals surface area contributed by atoms with Crippen molar-refractivity contribution in [1.29, 1.82) is 0 Å². The van der Waals surface area contributed by atoms with Crippen LogP contribution in [0.5, 0.6) is 0 Å². The molecule has 2 aliphatic rings. The van der Waals surface area contributed by atoms with Crippen molar-refractivity contribution < 1.29 is 14.6 Å². The Hall–Kier alpha value is -0.610. The van der Waals surface area contributed by atoms with Crippen LogP contribution < -0.4 is 5.32 Å². The van der Waals surface area contributed by atoms with Crippen LogP contribution >= 0.6 is 0 Å². The number of aliphatic carboxylic acids is 1. The molecule has 0 spiro atoms. The molecule has 4 nitrogen and oxygen atoms in total. The highest BCUT2D eigenvalue weighted by Gasteiger charge is 2.33. The van der Waals surface area contributed by atoms with Crippen molar-refractivity contribution in [2.45, 2.75) is 44.8 Å². The van der Waals surface area contributed by atoms with E-state index in [9.17, 15) is 4.79 Å². The summed E-state index contributed by atoms with van der Waals surface area (Å²) in [6.07, 6.45) is 4.26. The summed E-state index contributed by atoms with van der Waals surface area (Å²) in [4.78, 5) is 11.0. The first kappa shape index (κ1) is 11.9. The summed E-state index contributed by atoms with van der Waals surface area (Å²) in [7, 11) is 0. The number of carbonyl (C=O) groups is 1. The summed E-state index contributed by atoms with van der Waals surface area (Å²) in [5.41, 5.74) is 0. The lowest BCUT2D eigenvalue weighted by Gasteiger charge is -2.21. The van der Waals surface area contributed by atoms with Gasteiger partial charge in [-0.15, -0.1) is 0 Å². The monoisotopic (exact) mass is 227 g/mol. The maximum atomic E-state index is 11.0. The van der Waals surface area contributed by atoms with Crippen LogP contribution in [0.2, 0.25) is 0 Å². The average molecular weight is 227 g/mol. The molecule has 0 aromatic carbocycles. The van der Waals surface area contributed by atoms with Crippen LogP contribution in [0.3, 0.4) is 0 Å². The summed E-state index contributed by atoms with van der Waals surface area (Å²) in [6.45, 7) is 3.73. The first-order valence-corrected chi connectivity index (χ1v) is 6.26. The fraction of sp³-hybridized carbons (Fsp3) is 0.917. The van der Waals surface area contributed by atoms with Crippen molar-refractivity contribution in [1.82, 2.24) is 5.32 Å². The molecular formula is C12H21NO3. The third-order valence-electron chi connectivity index (χ3n) is 3.99. The van der Waals surface area contributed by atoms with Crippen molar-refractivity contribution in [3.8, 4) is 0 Å². The summed E-state index contributed by atoms with van der Waals surface area (Å²) in [6, 6.07) is 0.412. The van der Waals surface area contributed by atoms with Gasteiger partial charge in [0, 0.05) is 12.6 Å². The number of nitrogens with one attached hydrogen (secondary N) is 1. The van der Waals surface area contributed by atoms with E-state index in [4.69, 9.17) is 9.84 Å². The van der Waals surface area contributed by atoms with Crippen LogP contribution in [-0.4, -0.2) is 36.4 Å². The smallest absolute Gasteiger partial charge is 0.306 e. The van der Waals surface area contributed by atoms with Crippen LogP contribution in [0.25, 0.3) is 0 Å². The predicted molar refractivity (Wildman–Crippen MR) is 60.3 cm³/mol. The first-order chi connectivity index (χ1) is 7.68. The van der Waals surface area contributed by atoms with Crippen molar-refractivity contribution in [3.63, 3.8) is 0 Å². The van der Waals surface area contributed by atoms with E-state index in [1.165, 1.54) is 0 Å². The Morgan fingerprint density at radius 1 is 1.44 bits per heavy atom. The van der Waals surface area contributed by atoms with Crippen LogP contribution in [0.1, 0.15) is 32.6 Å². The summed E-state index contributed by atoms with van der Waals surface area (Å²) in [5, 5.41) is 12.5. The van der Waals surface area contributed by atoms with Gasteiger partial charge >= 0.3 is 5.97 Å². The lowest BCUT2D eigenvalue weighted by Crippen LogP contribution is -2.39. The quantitative estimate of drug-likeness (QED) is 0.759. The highest BCUT2D eigenvalue weighted by molar-refractivity contribution is 5.70. The fourth-order valence-electron chi connectivity index (χ4n) is 2.91. The Morgan fingerprint density at radius 2 is 2.25 bits per heavy atom. The molecule has 4 atom stereocenters. The lowest BCUT2D eigenvalue weighted by molar-refractivity contribution is -0.142. The Labute approximate surface area is 96.4 Å². The highest BCUT2D eigenvalue weighted by atomic mass is 16.5. The van der Waals surface area contributed by atoms with Gasteiger partial charge in [-0.25, -0.2) is 0 Å². The zero-order valence-corrected chi connectivity index (χ0v) is 9.82. The molecule has 1 aliphatic carbocycles. The number of hydrogen-bond donors (Lipinski definition) is 2. The van der Waals surface area contributed by atoms with E-state index in [0.717, 1.165) is 38.8 Å². The zero-order valence-electron chi connectivity index (χ0n) is 9.82. The fourth-order valence-corrected chi connectivity index (χ4v) is 2.91. The van der Waals surface area contributed by atoms with E-state index in [1.54, 1.807) is 0 Å². The van der Waals surface area contributed by atoms with E-state index >= 15 is 0 Å². The molecule has 0 radical (unpaired) electrons. The molecule has 0 aromatic heterocycles. The summed E-state index contributed by atoms with van der Waals surface area (Å²) >= 11 is 0. The standard InChI is InChI=1S/C12H21NO3/c1-8-11(5-6-16-8)13-7-9-3-2-4-10(9)12(14)15/h8-11,13H,2-7H2,1H3,(H,14,15). The van der Waals surface area contributed by atoms with Gasteiger partial charge in [-0.05, 0) is 38.6 Å². The number of carboxylic acid groups (broad SMARTS) is 1. The minimum atomic E-state index is -0.625. The minimum Gasteiger partial charge on any atom is -0.481 e. The van der Waals surface area contributed by atoms with Crippen molar-refractivity contribution in [2.24, 2.45) is 11.8 Å². The van der Waals surface area contributed by atoms with E-state index < -0.39 is 5.97 Å². The second-order valence-electron chi connectivity index (χ2n) is 5.02. The number of hydrogen-bond acceptors (Lipinski definition) is 3. The Morgan fingerprint density at radius 3 is 2.88 bits per heavy atom. The molecule has 92 valence electrons. The Bertz CT molecular complexity index is 257. The third-order valence-corrected chi connectivity index (χ3v) is 3.99. The largest absolute Gasteiger partial charge is 0.481 e. The second kappa shape index (κ2) is 5.15. The molecule has 16 heavy (non-hydrogen) atoms. The van der Waals surface area contributed by atoms with Crippen molar-refractivity contribution in [2.75, 3.05) is 13.2 Å². The first-order valence-electron chi connectivity index (χ1n) is 6.26. The van der Waals surface area contributed by atoms with Crippen LogP contribution in [-0.2, 0) is 9.53 Å². The highest BCUT2D eigenvalue weighted by Crippen LogP contribution is 2.31. The molecule has 0 aromatic rings. The predicted octanol–water partition coefficient (Wildman–Crippen LogP) is 1.25. The normalized spacial score (nSPS) is 39.1. The van der Waals surface area contributed by atoms with Crippen molar-refractivity contribution in [3.05, 3.63) is 0 Å². The van der Waals surface area contributed by atoms with E-state index in [-0.39, 0.29) is 12.0 Å². The van der Waals surface area contributed by atoms with Crippen LogP contribution in [0.15, 0.2) is 0 Å². The SMILES string of the molecule is CC1OCCC1NCC1CCCC1C(=O)O. The third kappa shape index (κ3) is 2.55. The summed E-state index contributed by atoms with van der Waals surface area (Å²) < 4.78 is 5.48. The minimum absolute atomic E-state index is 0.134. The maximum Gasteiger partial charge on any atom is 0.306 e. The van der Waals surface area contributed by atoms with E-state index in [2.05, 4.69) is 12.2 Å². The molecule has 2 rings (SSSR count). The van der Waals surface area contributed by atoms with Gasteiger partial charge in [0.15, 0.2) is 0 Å². The van der Waals surface area contributed by atoms with Gasteiger partial charge in [-0.3, -0.25) is 4.79 Å². The van der Waals surface area contributed by atoms with E-state index in [0.29, 0.717) is 12.0 Å². The topological polar surface area (TPSA) is 58.6 Å². The molecule has 2 fully saturated rings. The lowest BCUT2D eigenvalue weighted by atomic mass is 9.95. The van der Waals surface area contributed by atoms with Crippen LogP contribution in [0, 0.1) is 11.8 Å². The van der Waals surface area contributed by atoms with Gasteiger partial charge < -0.3 is 15.2 Å².